The zero-order valence-corrected chi connectivity index (χ0v) is 14.9. The molecule has 1 atom stereocenters. The molecule has 0 aromatic carbocycles. The Bertz CT molecular complexity index is 800. The molecular weight excluding hydrogens is 332 g/mol. The van der Waals surface area contributed by atoms with Crippen molar-refractivity contribution in [2.45, 2.75) is 32.9 Å². The van der Waals surface area contributed by atoms with E-state index in [1.165, 1.54) is 10.4 Å². The number of aromatic nitrogens is 2. The Hall–Kier alpha value is -1.63. The molecule has 2 N–H and O–H groups in total. The van der Waals surface area contributed by atoms with E-state index in [1.54, 1.807) is 17.6 Å². The minimum Gasteiger partial charge on any atom is -0.467 e. The van der Waals surface area contributed by atoms with Crippen molar-refractivity contribution >= 4 is 39.0 Å². The quantitative estimate of drug-likeness (QED) is 0.658. The average molecular weight is 351 g/mol. The highest BCUT2D eigenvalue weighted by molar-refractivity contribution is 7.19. The second-order valence-electron chi connectivity index (χ2n) is 5.50. The van der Waals surface area contributed by atoms with E-state index < -0.39 is 0 Å². The van der Waals surface area contributed by atoms with Crippen molar-refractivity contribution in [2.75, 3.05) is 12.4 Å². The van der Waals surface area contributed by atoms with Crippen LogP contribution < -0.4 is 10.6 Å². The van der Waals surface area contributed by atoms with E-state index in [4.69, 9.17) is 16.0 Å². The Balaban J connectivity index is 1.95. The fourth-order valence-electron chi connectivity index (χ4n) is 2.38. The maximum atomic E-state index is 6.11. The maximum absolute atomic E-state index is 6.11. The summed E-state index contributed by atoms with van der Waals surface area (Å²) in [6, 6.07) is 4.20. The molecule has 5 nitrogen and oxygen atoms in total. The minimum absolute atomic E-state index is 0.258. The zero-order valence-electron chi connectivity index (χ0n) is 13.3. The number of thiophene rings is 1. The molecule has 1 unspecified atom stereocenters. The molecule has 0 saturated carbocycles. The lowest BCUT2D eigenvalue weighted by atomic mass is 10.1. The third-order valence-electron chi connectivity index (χ3n) is 3.83. The molecule has 3 heterocycles. The van der Waals surface area contributed by atoms with Crippen LogP contribution in [0.4, 0.5) is 5.82 Å². The van der Waals surface area contributed by atoms with E-state index in [1.807, 2.05) is 19.2 Å². The standard InChI is InChI=1S/C16H19ClN4OS/c1-9(18-3)7-12-10(2)13-14(23-12)15(21-16(17)20-13)19-8-11-5-4-6-22-11/h4-6,9,18H,7-8H2,1-3H3,(H,19,20,21). The summed E-state index contributed by atoms with van der Waals surface area (Å²) in [4.78, 5) is 10.1. The number of halogens is 1. The van der Waals surface area contributed by atoms with Gasteiger partial charge in [0.05, 0.1) is 23.0 Å². The van der Waals surface area contributed by atoms with Crippen molar-refractivity contribution in [3.63, 3.8) is 0 Å². The van der Waals surface area contributed by atoms with Gasteiger partial charge >= 0.3 is 0 Å². The van der Waals surface area contributed by atoms with Crippen LogP contribution >= 0.6 is 22.9 Å². The van der Waals surface area contributed by atoms with Crippen LogP contribution in [-0.4, -0.2) is 23.1 Å². The molecule has 3 aromatic heterocycles. The zero-order chi connectivity index (χ0) is 16.4. The maximum Gasteiger partial charge on any atom is 0.224 e. The molecule has 0 fully saturated rings. The van der Waals surface area contributed by atoms with Crippen LogP contribution in [0.1, 0.15) is 23.1 Å². The van der Waals surface area contributed by atoms with Gasteiger partial charge in [-0.3, -0.25) is 0 Å². The molecule has 0 aliphatic carbocycles. The van der Waals surface area contributed by atoms with Crippen molar-refractivity contribution in [3.8, 4) is 0 Å². The Kier molecular flexibility index (Phi) is 4.84. The predicted octanol–water partition coefficient (Wildman–Crippen LogP) is 4.01. The van der Waals surface area contributed by atoms with E-state index >= 15 is 0 Å². The number of nitrogens with zero attached hydrogens (tertiary/aromatic N) is 2. The number of hydrogen-bond donors (Lipinski definition) is 2. The number of aryl methyl sites for hydroxylation is 1. The third kappa shape index (κ3) is 3.49. The third-order valence-corrected chi connectivity index (χ3v) is 5.31. The second-order valence-corrected chi connectivity index (χ2v) is 6.94. The lowest BCUT2D eigenvalue weighted by Gasteiger charge is -2.08. The molecule has 0 bridgehead atoms. The minimum atomic E-state index is 0.258. The van der Waals surface area contributed by atoms with E-state index in [9.17, 15) is 0 Å². The van der Waals surface area contributed by atoms with Gasteiger partial charge in [0.2, 0.25) is 5.28 Å². The van der Waals surface area contributed by atoms with Gasteiger partial charge in [-0.15, -0.1) is 11.3 Å². The first-order valence-corrected chi connectivity index (χ1v) is 8.67. The molecule has 3 rings (SSSR count). The van der Waals surface area contributed by atoms with E-state index in [2.05, 4.69) is 34.4 Å². The van der Waals surface area contributed by atoms with E-state index in [0.29, 0.717) is 12.6 Å². The normalized spacial score (nSPS) is 12.7. The smallest absolute Gasteiger partial charge is 0.224 e. The van der Waals surface area contributed by atoms with Gasteiger partial charge in [-0.05, 0) is 56.6 Å². The first-order valence-electron chi connectivity index (χ1n) is 7.47. The first-order chi connectivity index (χ1) is 11.1. The Morgan fingerprint density at radius 2 is 2.22 bits per heavy atom. The average Bonchev–Trinajstić information content (AvgIpc) is 3.15. The van der Waals surface area contributed by atoms with Crippen LogP contribution in [0.25, 0.3) is 10.2 Å². The number of furan rings is 1. The SMILES string of the molecule is CNC(C)Cc1sc2c(NCc3ccco3)nc(Cl)nc2c1C. The van der Waals surface area contributed by atoms with Gasteiger partial charge in [0.15, 0.2) is 0 Å². The number of likely N-dealkylation sites (N-methyl/N-ethyl adjacent to an activating group) is 1. The van der Waals surface area contributed by atoms with Crippen molar-refractivity contribution in [1.29, 1.82) is 0 Å². The fraction of sp³-hybridized carbons (Fsp3) is 0.375. The van der Waals surface area contributed by atoms with Gasteiger partial charge in [-0.2, -0.15) is 4.98 Å². The van der Waals surface area contributed by atoms with Crippen LogP contribution in [0.3, 0.4) is 0 Å². The van der Waals surface area contributed by atoms with Crippen molar-refractivity contribution in [3.05, 3.63) is 39.9 Å². The number of nitrogens with one attached hydrogen (secondary N) is 2. The Labute approximate surface area is 144 Å². The molecule has 0 radical (unpaired) electrons. The lowest BCUT2D eigenvalue weighted by Crippen LogP contribution is -2.23. The summed E-state index contributed by atoms with van der Waals surface area (Å²) in [5.74, 6) is 1.61. The monoisotopic (exact) mass is 350 g/mol. The van der Waals surface area contributed by atoms with Crippen molar-refractivity contribution in [2.24, 2.45) is 0 Å². The summed E-state index contributed by atoms with van der Waals surface area (Å²) < 4.78 is 6.39. The summed E-state index contributed by atoms with van der Waals surface area (Å²) in [5, 5.41) is 6.83. The second kappa shape index (κ2) is 6.86. The van der Waals surface area contributed by atoms with Gasteiger partial charge in [-0.25, -0.2) is 4.98 Å². The topological polar surface area (TPSA) is 63.0 Å². The summed E-state index contributed by atoms with van der Waals surface area (Å²) in [6.45, 7) is 4.82. The number of rotatable bonds is 6. The van der Waals surface area contributed by atoms with Crippen molar-refractivity contribution < 1.29 is 4.42 Å². The van der Waals surface area contributed by atoms with Crippen LogP contribution in [0, 0.1) is 6.92 Å². The van der Waals surface area contributed by atoms with Gasteiger partial charge in [-0.1, -0.05) is 0 Å². The summed E-state index contributed by atoms with van der Waals surface area (Å²) in [5.41, 5.74) is 2.10. The van der Waals surface area contributed by atoms with Crippen LogP contribution in [0.2, 0.25) is 5.28 Å². The van der Waals surface area contributed by atoms with Gasteiger partial charge in [0.25, 0.3) is 0 Å². The highest BCUT2D eigenvalue weighted by atomic mass is 35.5. The molecule has 0 aliphatic rings. The molecular formula is C16H19ClN4OS. The van der Waals surface area contributed by atoms with Crippen LogP contribution in [0.15, 0.2) is 22.8 Å². The van der Waals surface area contributed by atoms with Gasteiger partial charge in [0, 0.05) is 10.9 Å². The molecule has 122 valence electrons. The van der Waals surface area contributed by atoms with Gasteiger partial charge in [0.1, 0.15) is 11.6 Å². The predicted molar refractivity (Wildman–Crippen MR) is 95.4 cm³/mol. The number of anilines is 1. The molecule has 7 heteroatoms. The lowest BCUT2D eigenvalue weighted by molar-refractivity contribution is 0.518. The Morgan fingerprint density at radius 3 is 2.91 bits per heavy atom. The molecule has 0 spiro atoms. The number of fused-ring (bicyclic) bond motifs is 1. The largest absolute Gasteiger partial charge is 0.467 e. The van der Waals surface area contributed by atoms with E-state index in [0.717, 1.165) is 28.2 Å². The molecule has 0 aliphatic heterocycles. The Morgan fingerprint density at radius 1 is 1.39 bits per heavy atom. The first kappa shape index (κ1) is 16.2. The molecule has 0 amide bonds. The number of hydrogen-bond acceptors (Lipinski definition) is 6. The highest BCUT2D eigenvalue weighted by Crippen LogP contribution is 2.35. The molecule has 3 aromatic rings. The summed E-state index contributed by atoms with van der Waals surface area (Å²) in [6.07, 6.45) is 2.62. The summed E-state index contributed by atoms with van der Waals surface area (Å²) >= 11 is 7.83. The van der Waals surface area contributed by atoms with Crippen LogP contribution in [-0.2, 0) is 13.0 Å². The molecule has 0 saturated heterocycles. The summed E-state index contributed by atoms with van der Waals surface area (Å²) in [7, 11) is 1.97. The van der Waals surface area contributed by atoms with Crippen LogP contribution in [0.5, 0.6) is 0 Å². The van der Waals surface area contributed by atoms with Gasteiger partial charge < -0.3 is 15.1 Å². The van der Waals surface area contributed by atoms with Crippen molar-refractivity contribution in [1.82, 2.24) is 15.3 Å². The fourth-order valence-corrected chi connectivity index (χ4v) is 3.89. The highest BCUT2D eigenvalue weighted by Gasteiger charge is 2.17. The van der Waals surface area contributed by atoms with E-state index in [-0.39, 0.29) is 5.28 Å². The molecule has 23 heavy (non-hydrogen) atoms.